The first-order chi connectivity index (χ1) is 8.87. The van der Waals surface area contributed by atoms with Gasteiger partial charge in [-0.2, -0.15) is 0 Å². The summed E-state index contributed by atoms with van der Waals surface area (Å²) >= 11 is 0. The van der Waals surface area contributed by atoms with E-state index in [0.717, 1.165) is 24.3 Å². The molecular weight excluding hydrogens is 238 g/mol. The van der Waals surface area contributed by atoms with E-state index in [2.05, 4.69) is 23.7 Å². The van der Waals surface area contributed by atoms with E-state index in [1.807, 2.05) is 26.0 Å². The zero-order valence-electron chi connectivity index (χ0n) is 12.3. The predicted octanol–water partition coefficient (Wildman–Crippen LogP) is 2.39. The number of anilines is 1. The average molecular weight is 263 g/mol. The van der Waals surface area contributed by atoms with Gasteiger partial charge in [-0.25, -0.2) is 0 Å². The van der Waals surface area contributed by atoms with Gasteiger partial charge >= 0.3 is 0 Å². The van der Waals surface area contributed by atoms with Crippen molar-refractivity contribution in [2.45, 2.75) is 33.2 Å². The third-order valence-corrected chi connectivity index (χ3v) is 2.87. The molecule has 0 aliphatic carbocycles. The molecule has 0 spiro atoms. The molecule has 0 fully saturated rings. The fraction of sp³-hybridized carbons (Fsp3) is 0.533. The van der Waals surface area contributed by atoms with Crippen molar-refractivity contribution in [3.63, 3.8) is 0 Å². The number of hydrogen-bond acceptors (Lipinski definition) is 4. The van der Waals surface area contributed by atoms with Gasteiger partial charge in [-0.15, -0.1) is 0 Å². The number of nitrogens with two attached hydrogens (primary N) is 1. The van der Waals surface area contributed by atoms with Gasteiger partial charge < -0.3 is 15.7 Å². The van der Waals surface area contributed by atoms with Crippen molar-refractivity contribution in [3.05, 3.63) is 23.8 Å². The van der Waals surface area contributed by atoms with Crippen molar-refractivity contribution in [2.24, 2.45) is 10.7 Å². The van der Waals surface area contributed by atoms with Gasteiger partial charge in [0.25, 0.3) is 0 Å². The molecule has 106 valence electrons. The maximum atomic E-state index is 10.0. The third-order valence-electron chi connectivity index (χ3n) is 2.87. The Hall–Kier alpha value is -1.55. The van der Waals surface area contributed by atoms with Crippen LogP contribution in [0.15, 0.2) is 23.2 Å². The first-order valence-electron chi connectivity index (χ1n) is 6.74. The number of hydrogen-bond donors (Lipinski definition) is 2. The molecule has 0 saturated carbocycles. The van der Waals surface area contributed by atoms with Crippen LogP contribution in [0, 0.1) is 0 Å². The zero-order valence-corrected chi connectivity index (χ0v) is 12.3. The molecule has 0 unspecified atom stereocenters. The largest absolute Gasteiger partial charge is 0.507 e. The van der Waals surface area contributed by atoms with E-state index in [-0.39, 0.29) is 11.3 Å². The molecule has 4 heteroatoms. The van der Waals surface area contributed by atoms with E-state index >= 15 is 0 Å². The van der Waals surface area contributed by atoms with Crippen LogP contribution < -0.4 is 10.6 Å². The second-order valence-electron chi connectivity index (χ2n) is 5.37. The van der Waals surface area contributed by atoms with E-state index in [1.54, 1.807) is 12.3 Å². The fourth-order valence-electron chi connectivity index (χ4n) is 1.81. The summed E-state index contributed by atoms with van der Waals surface area (Å²) in [5, 5.41) is 10.0. The molecule has 0 aliphatic heterocycles. The second kappa shape index (κ2) is 6.57. The van der Waals surface area contributed by atoms with Crippen molar-refractivity contribution in [1.82, 2.24) is 0 Å². The summed E-state index contributed by atoms with van der Waals surface area (Å²) in [5.74, 6) is 0.253. The maximum absolute atomic E-state index is 10.0. The highest BCUT2D eigenvalue weighted by Gasteiger charge is 2.09. The summed E-state index contributed by atoms with van der Waals surface area (Å²) in [6.45, 7) is 10.4. The van der Waals surface area contributed by atoms with Crippen LogP contribution in [0.25, 0.3) is 0 Å². The maximum Gasteiger partial charge on any atom is 0.126 e. The Morgan fingerprint density at radius 2 is 1.95 bits per heavy atom. The molecule has 4 nitrogen and oxygen atoms in total. The van der Waals surface area contributed by atoms with Gasteiger partial charge in [0.15, 0.2) is 0 Å². The summed E-state index contributed by atoms with van der Waals surface area (Å²) < 4.78 is 0. The lowest BCUT2D eigenvalue weighted by atomic mass is 10.1. The standard InChI is InChI=1S/C15H25N3O/c1-5-18(6-2)13-8-7-12(14(19)9-13)10-17-11-15(3,4)16/h7-10,19H,5-6,11,16H2,1-4H3/b17-10-. The van der Waals surface area contributed by atoms with Crippen LogP contribution in [0.5, 0.6) is 5.75 Å². The van der Waals surface area contributed by atoms with Crippen LogP contribution >= 0.6 is 0 Å². The summed E-state index contributed by atoms with van der Waals surface area (Å²) in [7, 11) is 0. The van der Waals surface area contributed by atoms with Crippen LogP contribution in [-0.4, -0.2) is 36.5 Å². The van der Waals surface area contributed by atoms with E-state index in [9.17, 15) is 5.11 Å². The van der Waals surface area contributed by atoms with Gasteiger partial charge in [0, 0.05) is 42.2 Å². The normalized spacial score (nSPS) is 12.1. The van der Waals surface area contributed by atoms with Crippen LogP contribution in [0.2, 0.25) is 0 Å². The Morgan fingerprint density at radius 3 is 2.42 bits per heavy atom. The van der Waals surface area contributed by atoms with Gasteiger partial charge in [0.1, 0.15) is 5.75 Å². The number of nitrogens with zero attached hydrogens (tertiary/aromatic N) is 2. The Kier molecular flexibility index (Phi) is 5.36. The average Bonchev–Trinajstić information content (AvgIpc) is 2.32. The van der Waals surface area contributed by atoms with Crippen LogP contribution in [0.1, 0.15) is 33.3 Å². The van der Waals surface area contributed by atoms with Gasteiger partial charge in [0.2, 0.25) is 0 Å². The van der Waals surface area contributed by atoms with Crippen molar-refractivity contribution in [1.29, 1.82) is 0 Å². The van der Waals surface area contributed by atoms with Crippen molar-refractivity contribution in [3.8, 4) is 5.75 Å². The van der Waals surface area contributed by atoms with E-state index < -0.39 is 0 Å². The second-order valence-corrected chi connectivity index (χ2v) is 5.37. The number of aromatic hydroxyl groups is 1. The zero-order chi connectivity index (χ0) is 14.5. The Labute approximate surface area is 116 Å². The quantitative estimate of drug-likeness (QED) is 0.775. The van der Waals surface area contributed by atoms with Crippen LogP contribution in [0.3, 0.4) is 0 Å². The monoisotopic (exact) mass is 263 g/mol. The minimum atomic E-state index is -0.326. The number of phenolic OH excluding ortho intramolecular Hbond substituents is 1. The molecule has 1 aromatic carbocycles. The number of phenols is 1. The topological polar surface area (TPSA) is 61.8 Å². The highest BCUT2D eigenvalue weighted by molar-refractivity contribution is 5.84. The molecule has 19 heavy (non-hydrogen) atoms. The van der Waals surface area contributed by atoms with Gasteiger partial charge in [-0.1, -0.05) is 0 Å². The lowest BCUT2D eigenvalue weighted by Gasteiger charge is -2.21. The van der Waals surface area contributed by atoms with E-state index in [0.29, 0.717) is 6.54 Å². The molecule has 0 bridgehead atoms. The summed E-state index contributed by atoms with van der Waals surface area (Å²) in [6.07, 6.45) is 1.68. The molecule has 0 aromatic heterocycles. The number of rotatable bonds is 6. The Balaban J connectivity index is 2.83. The molecule has 0 atom stereocenters. The molecule has 1 rings (SSSR count). The van der Waals surface area contributed by atoms with Crippen LogP contribution in [0.4, 0.5) is 5.69 Å². The van der Waals surface area contributed by atoms with E-state index in [1.165, 1.54) is 0 Å². The minimum Gasteiger partial charge on any atom is -0.507 e. The summed E-state index contributed by atoms with van der Waals surface area (Å²) in [5.41, 5.74) is 7.28. The highest BCUT2D eigenvalue weighted by Crippen LogP contribution is 2.23. The molecule has 0 amide bonds. The summed E-state index contributed by atoms with van der Waals surface area (Å²) in [4.78, 5) is 6.45. The Morgan fingerprint density at radius 1 is 1.32 bits per heavy atom. The van der Waals surface area contributed by atoms with Gasteiger partial charge in [-0.3, -0.25) is 4.99 Å². The first kappa shape index (κ1) is 15.5. The van der Waals surface area contributed by atoms with Gasteiger partial charge in [0.05, 0.1) is 6.54 Å². The summed E-state index contributed by atoms with van der Waals surface area (Å²) in [6, 6.07) is 5.67. The molecule has 0 saturated heterocycles. The molecule has 0 heterocycles. The fourth-order valence-corrected chi connectivity index (χ4v) is 1.81. The lowest BCUT2D eigenvalue weighted by molar-refractivity contribution is 0.474. The number of aliphatic imine (C=N–C) groups is 1. The molecule has 3 N–H and O–H groups in total. The molecule has 1 aromatic rings. The SMILES string of the molecule is CCN(CC)c1ccc(/C=N\CC(C)(C)N)c(O)c1. The molecule has 0 radical (unpaired) electrons. The van der Waals surface area contributed by atoms with Crippen molar-refractivity contribution >= 4 is 11.9 Å². The lowest BCUT2D eigenvalue weighted by Crippen LogP contribution is -2.35. The minimum absolute atomic E-state index is 0.253. The van der Waals surface area contributed by atoms with Crippen LogP contribution in [-0.2, 0) is 0 Å². The van der Waals surface area contributed by atoms with E-state index in [4.69, 9.17) is 5.73 Å². The first-order valence-corrected chi connectivity index (χ1v) is 6.74. The number of benzene rings is 1. The predicted molar refractivity (Wildman–Crippen MR) is 82.4 cm³/mol. The van der Waals surface area contributed by atoms with Crippen molar-refractivity contribution < 1.29 is 5.11 Å². The van der Waals surface area contributed by atoms with Gasteiger partial charge in [-0.05, 0) is 39.8 Å². The highest BCUT2D eigenvalue weighted by atomic mass is 16.3. The molecular formula is C15H25N3O. The third kappa shape index (κ3) is 4.91. The molecule has 0 aliphatic rings. The Bertz CT molecular complexity index is 432. The smallest absolute Gasteiger partial charge is 0.126 e. The van der Waals surface area contributed by atoms with Crippen molar-refractivity contribution in [2.75, 3.05) is 24.5 Å².